The predicted octanol–water partition coefficient (Wildman–Crippen LogP) is 5.35. The smallest absolute Gasteiger partial charge is 0.262 e. The molecule has 13 heteroatoms. The first-order chi connectivity index (χ1) is 27.5. The van der Waals surface area contributed by atoms with Gasteiger partial charge >= 0.3 is 0 Å². The minimum Gasteiger partial charge on any atom is -0.371 e. The Labute approximate surface area is 337 Å². The van der Waals surface area contributed by atoms with Crippen LogP contribution in [0.3, 0.4) is 0 Å². The van der Waals surface area contributed by atoms with Gasteiger partial charge in [0.1, 0.15) is 6.04 Å². The lowest BCUT2D eigenvalue weighted by molar-refractivity contribution is -0.136. The normalized spacial score (nSPS) is 23.6. The molecule has 5 amide bonds. The van der Waals surface area contributed by atoms with Crippen molar-refractivity contribution in [2.75, 3.05) is 62.2 Å². The number of imide groups is 2. The molecule has 3 aromatic carbocycles. The third-order valence-corrected chi connectivity index (χ3v) is 13.7. The summed E-state index contributed by atoms with van der Waals surface area (Å²) in [4.78, 5) is 78.1. The van der Waals surface area contributed by atoms with Gasteiger partial charge in [-0.1, -0.05) is 17.7 Å². The van der Waals surface area contributed by atoms with Crippen molar-refractivity contribution in [3.63, 3.8) is 0 Å². The Morgan fingerprint density at radius 1 is 0.877 bits per heavy atom. The van der Waals surface area contributed by atoms with Gasteiger partial charge in [-0.25, -0.2) is 4.85 Å². The van der Waals surface area contributed by atoms with Gasteiger partial charge in [0.05, 0.1) is 17.7 Å². The lowest BCUT2D eigenvalue weighted by Crippen LogP contribution is -2.54. The summed E-state index contributed by atoms with van der Waals surface area (Å²) in [6.45, 7) is 16.3. The molecule has 0 bridgehead atoms. The second kappa shape index (κ2) is 14.6. The Bertz CT molecular complexity index is 2180. The van der Waals surface area contributed by atoms with Gasteiger partial charge in [0.25, 0.3) is 17.7 Å². The molecule has 5 heterocycles. The fourth-order valence-electron chi connectivity index (χ4n) is 10.3. The number of benzene rings is 3. The number of anilines is 2. The Morgan fingerprint density at radius 2 is 1.53 bits per heavy atom. The van der Waals surface area contributed by atoms with Crippen LogP contribution >= 0.6 is 11.6 Å². The number of piperidine rings is 2. The Balaban J connectivity index is 0.745. The first kappa shape index (κ1) is 37.3. The number of piperazine rings is 1. The average molecular weight is 788 g/mol. The Morgan fingerprint density at radius 3 is 2.14 bits per heavy atom. The van der Waals surface area contributed by atoms with Crippen LogP contribution in [-0.4, -0.2) is 109 Å². The summed E-state index contributed by atoms with van der Waals surface area (Å²) < 4.78 is 0. The van der Waals surface area contributed by atoms with E-state index < -0.39 is 23.8 Å². The largest absolute Gasteiger partial charge is 0.371 e. The van der Waals surface area contributed by atoms with Crippen molar-refractivity contribution in [1.82, 2.24) is 20.0 Å². The summed E-state index contributed by atoms with van der Waals surface area (Å²) in [5, 5.41) is 2.76. The Kier molecular flexibility index (Phi) is 9.56. The summed E-state index contributed by atoms with van der Waals surface area (Å²) in [6, 6.07) is 17.0. The SMILES string of the molecule is [C-]#[N+]c1ccc(N2CC3(CCN(c4ccc(C(=O)N5CCN(CC6Cc7cc8c(cc7C6)C(=O)N(C6CCC(=O)NC6=O)C8=O)CC5)cc4)CC3)C[C@@H]2C)cc1Cl. The molecular formula is C44H46ClN7O5. The number of halogens is 1. The monoisotopic (exact) mass is 787 g/mol. The van der Waals surface area contributed by atoms with Crippen LogP contribution in [0.2, 0.25) is 5.02 Å². The molecule has 9 rings (SSSR count). The molecule has 1 unspecified atom stereocenters. The molecule has 0 radical (unpaired) electrons. The molecule has 6 aliphatic rings. The van der Waals surface area contributed by atoms with E-state index in [1.54, 1.807) is 0 Å². The van der Waals surface area contributed by atoms with Crippen LogP contribution in [0.4, 0.5) is 17.1 Å². The Hall–Kier alpha value is -5.25. The molecule has 294 valence electrons. The van der Waals surface area contributed by atoms with E-state index >= 15 is 0 Å². The van der Waals surface area contributed by atoms with E-state index in [-0.39, 0.29) is 30.1 Å². The number of nitrogens with one attached hydrogen (secondary N) is 1. The maximum atomic E-state index is 13.6. The molecule has 4 fully saturated rings. The fourth-order valence-corrected chi connectivity index (χ4v) is 10.6. The number of amides is 5. The predicted molar refractivity (Wildman–Crippen MR) is 216 cm³/mol. The second-order valence-corrected chi connectivity index (χ2v) is 17.4. The molecular weight excluding hydrogens is 742 g/mol. The van der Waals surface area contributed by atoms with E-state index in [1.807, 2.05) is 47.4 Å². The van der Waals surface area contributed by atoms with Gasteiger partial charge in [-0.2, -0.15) is 0 Å². The summed E-state index contributed by atoms with van der Waals surface area (Å²) in [6.07, 6.45) is 5.19. The second-order valence-electron chi connectivity index (χ2n) is 16.9. The van der Waals surface area contributed by atoms with Crippen molar-refractivity contribution in [2.24, 2.45) is 11.3 Å². The van der Waals surface area contributed by atoms with Crippen molar-refractivity contribution in [3.05, 3.63) is 98.9 Å². The van der Waals surface area contributed by atoms with Gasteiger partial charge in [0.2, 0.25) is 17.5 Å². The zero-order valence-electron chi connectivity index (χ0n) is 32.1. The van der Waals surface area contributed by atoms with Gasteiger partial charge in [0, 0.05) is 86.8 Å². The van der Waals surface area contributed by atoms with E-state index in [0.717, 1.165) is 98.8 Å². The molecule has 1 spiro atoms. The van der Waals surface area contributed by atoms with Crippen molar-refractivity contribution < 1.29 is 24.0 Å². The highest BCUT2D eigenvalue weighted by Crippen LogP contribution is 2.46. The molecule has 5 aliphatic heterocycles. The zero-order chi connectivity index (χ0) is 39.6. The standard InChI is InChI=1S/C44H46ClN7O5/c1-27-24-44(26-51(27)33-7-8-37(46-2)36(45)23-33)11-13-49(14-12-44)32-5-3-29(4-6-32)41(55)50-17-15-48(16-18-50)25-28-19-30-21-34-35(22-31(30)20-28)43(57)52(42(34)56)38-9-10-39(53)47-40(38)54/h3-8,21-23,27-28,38H,9-20,24-26H2,1H3,(H,47,53,54)/t27-,38?/m0/s1. The highest BCUT2D eigenvalue weighted by molar-refractivity contribution is 6.33. The number of carbonyl (C=O) groups is 5. The van der Waals surface area contributed by atoms with E-state index in [4.69, 9.17) is 18.2 Å². The van der Waals surface area contributed by atoms with Crippen LogP contribution in [0.5, 0.6) is 0 Å². The van der Waals surface area contributed by atoms with E-state index in [2.05, 4.69) is 43.9 Å². The highest BCUT2D eigenvalue weighted by atomic mass is 35.5. The number of carbonyl (C=O) groups excluding carboxylic acids is 5. The lowest BCUT2D eigenvalue weighted by atomic mass is 9.76. The minimum atomic E-state index is -0.963. The zero-order valence-corrected chi connectivity index (χ0v) is 32.9. The first-order valence-electron chi connectivity index (χ1n) is 20.2. The van der Waals surface area contributed by atoms with Crippen molar-refractivity contribution in [2.45, 2.75) is 64.0 Å². The van der Waals surface area contributed by atoms with E-state index in [9.17, 15) is 24.0 Å². The lowest BCUT2D eigenvalue weighted by Gasteiger charge is -2.40. The topological polar surface area (TPSA) is 118 Å². The molecule has 0 saturated carbocycles. The van der Waals surface area contributed by atoms with E-state index in [0.29, 0.717) is 52.4 Å². The molecule has 4 saturated heterocycles. The van der Waals surface area contributed by atoms with Crippen LogP contribution < -0.4 is 15.1 Å². The van der Waals surface area contributed by atoms with Gasteiger partial charge in [0.15, 0.2) is 0 Å². The maximum Gasteiger partial charge on any atom is 0.262 e. The highest BCUT2D eigenvalue weighted by Gasteiger charge is 2.46. The third kappa shape index (κ3) is 6.84. The summed E-state index contributed by atoms with van der Waals surface area (Å²) >= 11 is 6.38. The average Bonchev–Trinajstić information content (AvgIpc) is 3.84. The van der Waals surface area contributed by atoms with Crippen molar-refractivity contribution >= 4 is 58.2 Å². The van der Waals surface area contributed by atoms with Gasteiger partial charge in [-0.3, -0.25) is 39.1 Å². The summed E-state index contributed by atoms with van der Waals surface area (Å²) in [5.41, 5.74) is 6.51. The van der Waals surface area contributed by atoms with Crippen LogP contribution in [0, 0.1) is 17.9 Å². The molecule has 1 aliphatic carbocycles. The molecule has 1 N–H and O–H groups in total. The van der Waals surface area contributed by atoms with Crippen LogP contribution in [0.25, 0.3) is 4.85 Å². The summed E-state index contributed by atoms with van der Waals surface area (Å²) in [5.74, 6) is -1.52. The molecule has 57 heavy (non-hydrogen) atoms. The van der Waals surface area contributed by atoms with Gasteiger partial charge in [-0.15, -0.1) is 0 Å². The first-order valence-corrected chi connectivity index (χ1v) is 20.5. The van der Waals surface area contributed by atoms with E-state index in [1.165, 1.54) is 0 Å². The van der Waals surface area contributed by atoms with Gasteiger partial charge < -0.3 is 14.7 Å². The fraction of sp³-hybridized carbons (Fsp3) is 0.455. The van der Waals surface area contributed by atoms with Crippen LogP contribution in [0.1, 0.15) is 81.2 Å². The van der Waals surface area contributed by atoms with Crippen molar-refractivity contribution in [1.29, 1.82) is 0 Å². The van der Waals surface area contributed by atoms with Gasteiger partial charge in [-0.05, 0) is 116 Å². The molecule has 0 aromatic heterocycles. The molecule has 2 atom stereocenters. The minimum absolute atomic E-state index is 0.0619. The van der Waals surface area contributed by atoms with Crippen LogP contribution in [0.15, 0.2) is 54.6 Å². The maximum absolute atomic E-state index is 13.6. The molecule has 12 nitrogen and oxygen atoms in total. The number of hydrogen-bond acceptors (Lipinski definition) is 8. The molecule has 3 aromatic rings. The number of fused-ring (bicyclic) bond motifs is 2. The number of nitrogens with zero attached hydrogens (tertiary/aromatic N) is 6. The van der Waals surface area contributed by atoms with Crippen LogP contribution in [-0.2, 0) is 22.4 Å². The van der Waals surface area contributed by atoms with Crippen molar-refractivity contribution in [3.8, 4) is 0 Å². The quantitative estimate of drug-likeness (QED) is 0.263. The summed E-state index contributed by atoms with van der Waals surface area (Å²) in [7, 11) is 0. The number of rotatable bonds is 6. The third-order valence-electron chi connectivity index (χ3n) is 13.4. The number of hydrogen-bond donors (Lipinski definition) is 1.